The summed E-state index contributed by atoms with van der Waals surface area (Å²) in [6, 6.07) is 5.07. The molecule has 1 aromatic carbocycles. The Morgan fingerprint density at radius 2 is 1.96 bits per heavy atom. The maximum atomic E-state index is 13.1. The number of carbonyl (C=O) groups is 1. The summed E-state index contributed by atoms with van der Waals surface area (Å²) in [6.45, 7) is 0. The van der Waals surface area contributed by atoms with Crippen LogP contribution in [0.5, 0.6) is 0 Å². The quantitative estimate of drug-likeness (QED) is 0.570. The molecule has 0 atom stereocenters. The van der Waals surface area contributed by atoms with Crippen molar-refractivity contribution < 1.29 is 22.7 Å². The Bertz CT molecular complexity index is 862. The van der Waals surface area contributed by atoms with Crippen molar-refractivity contribution in [2.24, 2.45) is 0 Å². The zero-order valence-corrected chi connectivity index (χ0v) is 15.3. The molecule has 0 aliphatic heterocycles. The van der Waals surface area contributed by atoms with Gasteiger partial charge in [0.25, 0.3) is 0 Å². The summed E-state index contributed by atoms with van der Waals surface area (Å²) in [5.74, 6) is -0.481. The molecule has 1 heterocycles. The minimum atomic E-state index is -4.50. The van der Waals surface area contributed by atoms with E-state index in [-0.39, 0.29) is 10.8 Å². The Morgan fingerprint density at radius 1 is 1.23 bits per heavy atom. The lowest BCUT2D eigenvalue weighted by atomic mass is 10.1. The number of methoxy groups -OCH3 is 1. The first-order valence-electron chi connectivity index (χ1n) is 7.78. The molecule has 0 amide bonds. The van der Waals surface area contributed by atoms with Gasteiger partial charge < -0.3 is 15.4 Å². The lowest BCUT2D eigenvalue weighted by Crippen LogP contribution is -2.22. The van der Waals surface area contributed by atoms with E-state index < -0.39 is 17.7 Å². The van der Waals surface area contributed by atoms with E-state index >= 15 is 0 Å². The highest BCUT2D eigenvalue weighted by Crippen LogP contribution is 2.40. The molecule has 0 radical (unpaired) electrons. The molecule has 0 spiro atoms. The molecule has 2 aromatic rings. The molecule has 0 unspecified atom stereocenters. The number of esters is 1. The van der Waals surface area contributed by atoms with Crippen molar-refractivity contribution in [1.29, 1.82) is 0 Å². The molecule has 3 rings (SSSR count). The molecular weight excluding hydrogens is 385 g/mol. The normalized spacial score (nSPS) is 13.2. The monoisotopic (exact) mass is 400 g/mol. The summed E-state index contributed by atoms with van der Waals surface area (Å²) in [5.41, 5.74) is 0.383. The highest BCUT2D eigenvalue weighted by Gasteiger charge is 2.33. The number of halogens is 3. The molecular formula is C17H15F3N2O2S2. The van der Waals surface area contributed by atoms with Gasteiger partial charge in [0.15, 0.2) is 5.11 Å². The Hall–Kier alpha value is -2.13. The Kier molecular flexibility index (Phi) is 5.19. The third-order valence-corrected chi connectivity index (χ3v) is 5.43. The van der Waals surface area contributed by atoms with Gasteiger partial charge in [0, 0.05) is 4.88 Å². The smallest absolute Gasteiger partial charge is 0.418 e. The molecule has 2 N–H and O–H groups in total. The fourth-order valence-electron chi connectivity index (χ4n) is 2.91. The SMILES string of the molecule is COC(=O)c1c(NC(=S)Nc2ccccc2C(F)(F)F)sc2c1CCC2. The van der Waals surface area contributed by atoms with Crippen LogP contribution in [0, 0.1) is 0 Å². The van der Waals surface area contributed by atoms with Crippen LogP contribution in [0.3, 0.4) is 0 Å². The van der Waals surface area contributed by atoms with Gasteiger partial charge in [-0.1, -0.05) is 12.1 Å². The van der Waals surface area contributed by atoms with Gasteiger partial charge in [-0.2, -0.15) is 13.2 Å². The average molecular weight is 400 g/mol. The van der Waals surface area contributed by atoms with E-state index in [1.54, 1.807) is 0 Å². The van der Waals surface area contributed by atoms with Gasteiger partial charge in [0.05, 0.1) is 23.9 Å². The second kappa shape index (κ2) is 7.24. The predicted octanol–water partition coefficient (Wildman–Crippen LogP) is 4.85. The van der Waals surface area contributed by atoms with Crippen LogP contribution in [0.2, 0.25) is 0 Å². The van der Waals surface area contributed by atoms with Crippen LogP contribution in [-0.4, -0.2) is 18.2 Å². The van der Waals surface area contributed by atoms with Crippen LogP contribution in [0.25, 0.3) is 0 Å². The summed E-state index contributed by atoms with van der Waals surface area (Å²) >= 11 is 6.53. The summed E-state index contributed by atoms with van der Waals surface area (Å²) in [6.07, 6.45) is -1.90. The first-order chi connectivity index (χ1) is 12.3. The van der Waals surface area contributed by atoms with Crippen LogP contribution in [0.1, 0.15) is 32.8 Å². The molecule has 4 nitrogen and oxygen atoms in total. The number of benzene rings is 1. The van der Waals surface area contributed by atoms with Gasteiger partial charge in [-0.05, 0) is 49.2 Å². The third-order valence-electron chi connectivity index (χ3n) is 4.02. The summed E-state index contributed by atoms with van der Waals surface area (Å²) in [5, 5.41) is 5.89. The molecule has 1 aliphatic rings. The molecule has 1 aliphatic carbocycles. The number of hydrogen-bond acceptors (Lipinski definition) is 4. The van der Waals surface area contributed by atoms with Crippen molar-refractivity contribution in [3.8, 4) is 0 Å². The van der Waals surface area contributed by atoms with Crippen LogP contribution < -0.4 is 10.6 Å². The maximum Gasteiger partial charge on any atom is 0.418 e. The predicted molar refractivity (Wildman–Crippen MR) is 99.0 cm³/mol. The number of fused-ring (bicyclic) bond motifs is 1. The minimum absolute atomic E-state index is 0.0215. The van der Waals surface area contributed by atoms with Gasteiger partial charge in [-0.3, -0.25) is 0 Å². The number of thiophene rings is 1. The highest BCUT2D eigenvalue weighted by molar-refractivity contribution is 7.80. The zero-order valence-electron chi connectivity index (χ0n) is 13.7. The van der Waals surface area contributed by atoms with Crippen molar-refractivity contribution in [1.82, 2.24) is 0 Å². The molecule has 138 valence electrons. The van der Waals surface area contributed by atoms with Crippen molar-refractivity contribution in [3.05, 3.63) is 45.8 Å². The molecule has 26 heavy (non-hydrogen) atoms. The minimum Gasteiger partial charge on any atom is -0.465 e. The van der Waals surface area contributed by atoms with Gasteiger partial charge >= 0.3 is 12.1 Å². The Morgan fingerprint density at radius 3 is 2.65 bits per heavy atom. The van der Waals surface area contributed by atoms with Gasteiger partial charge in [0.2, 0.25) is 0 Å². The standard InChI is InChI=1S/C17H15F3N2O2S2/c1-24-15(23)13-9-5-4-8-12(9)26-14(13)22-16(25)21-11-7-3-2-6-10(11)17(18,19)20/h2-3,6-7H,4-5,8H2,1H3,(H2,21,22,25). The molecule has 0 saturated heterocycles. The number of anilines is 2. The fourth-order valence-corrected chi connectivity index (χ4v) is 4.46. The molecule has 1 aromatic heterocycles. The third kappa shape index (κ3) is 3.68. The highest BCUT2D eigenvalue weighted by atomic mass is 32.1. The van der Waals surface area contributed by atoms with Gasteiger partial charge in [-0.25, -0.2) is 4.79 Å². The number of aryl methyl sites for hydroxylation is 1. The van der Waals surface area contributed by atoms with Crippen molar-refractivity contribution in [2.45, 2.75) is 25.4 Å². The lowest BCUT2D eigenvalue weighted by molar-refractivity contribution is -0.136. The second-order valence-corrected chi connectivity index (χ2v) is 7.19. The Balaban J connectivity index is 1.83. The number of para-hydroxylation sites is 1. The van der Waals surface area contributed by atoms with E-state index in [1.807, 2.05) is 0 Å². The Labute approximate surface area is 157 Å². The van der Waals surface area contributed by atoms with Crippen molar-refractivity contribution in [3.63, 3.8) is 0 Å². The first kappa shape index (κ1) is 18.7. The van der Waals surface area contributed by atoms with Crippen LogP contribution in [-0.2, 0) is 23.8 Å². The van der Waals surface area contributed by atoms with E-state index in [2.05, 4.69) is 10.6 Å². The average Bonchev–Trinajstić information content (AvgIpc) is 3.14. The summed E-state index contributed by atoms with van der Waals surface area (Å²) in [4.78, 5) is 13.2. The topological polar surface area (TPSA) is 50.4 Å². The summed E-state index contributed by atoms with van der Waals surface area (Å²) in [7, 11) is 1.29. The fraction of sp³-hybridized carbons (Fsp3) is 0.294. The lowest BCUT2D eigenvalue weighted by Gasteiger charge is -2.15. The largest absolute Gasteiger partial charge is 0.465 e. The number of rotatable bonds is 3. The first-order valence-corrected chi connectivity index (χ1v) is 9.01. The van der Waals surface area contributed by atoms with Crippen molar-refractivity contribution >= 4 is 45.3 Å². The van der Waals surface area contributed by atoms with E-state index in [0.29, 0.717) is 10.6 Å². The van der Waals surface area contributed by atoms with Crippen molar-refractivity contribution in [2.75, 3.05) is 17.7 Å². The number of thiocarbonyl (C=S) groups is 1. The molecule has 0 fully saturated rings. The van der Waals surface area contributed by atoms with Gasteiger partial charge in [0.1, 0.15) is 5.00 Å². The number of ether oxygens (including phenoxy) is 1. The summed E-state index contributed by atoms with van der Waals surface area (Å²) < 4.78 is 44.1. The van der Waals surface area contributed by atoms with Crippen LogP contribution in [0.4, 0.5) is 23.9 Å². The van der Waals surface area contributed by atoms with Crippen LogP contribution in [0.15, 0.2) is 24.3 Å². The molecule has 9 heteroatoms. The van der Waals surface area contributed by atoms with E-state index in [4.69, 9.17) is 17.0 Å². The second-order valence-electron chi connectivity index (χ2n) is 5.68. The molecule has 0 bridgehead atoms. The van der Waals surface area contributed by atoms with E-state index in [0.717, 1.165) is 35.8 Å². The number of nitrogens with one attached hydrogen (secondary N) is 2. The van der Waals surface area contributed by atoms with E-state index in [1.165, 1.54) is 36.6 Å². The van der Waals surface area contributed by atoms with Crippen LogP contribution >= 0.6 is 23.6 Å². The van der Waals surface area contributed by atoms with Gasteiger partial charge in [-0.15, -0.1) is 11.3 Å². The molecule has 0 saturated carbocycles. The zero-order chi connectivity index (χ0) is 18.9. The van der Waals surface area contributed by atoms with E-state index in [9.17, 15) is 18.0 Å². The number of carbonyl (C=O) groups excluding carboxylic acids is 1. The number of alkyl halides is 3. The number of hydrogen-bond donors (Lipinski definition) is 2. The maximum absolute atomic E-state index is 13.1.